The average molecular weight is 434 g/mol. The maximum atomic E-state index is 12.7. The predicted octanol–water partition coefficient (Wildman–Crippen LogP) is 4.50. The molecule has 0 aliphatic carbocycles. The average Bonchev–Trinajstić information content (AvgIpc) is 2.89. The van der Waals surface area contributed by atoms with E-state index in [9.17, 15) is 9.59 Å². The van der Waals surface area contributed by atoms with Crippen molar-refractivity contribution < 1.29 is 14.3 Å². The number of amides is 2. The molecule has 25 heavy (non-hydrogen) atoms. The van der Waals surface area contributed by atoms with Crippen LogP contribution >= 0.6 is 39.9 Å². The Morgan fingerprint density at radius 1 is 1.20 bits per heavy atom. The lowest BCUT2D eigenvalue weighted by atomic mass is 10.1. The zero-order chi connectivity index (χ0) is 18.0. The zero-order valence-electron chi connectivity index (χ0n) is 13.1. The molecule has 1 heterocycles. The molecule has 2 aromatic carbocycles. The monoisotopic (exact) mass is 433 g/mol. The Kier molecular flexibility index (Phi) is 5.36. The number of carbonyl (C=O) groups excluding carboxylic acids is 2. The minimum absolute atomic E-state index is 0.215. The van der Waals surface area contributed by atoms with Crippen LogP contribution in [0.5, 0.6) is 5.75 Å². The number of halogens is 1. The van der Waals surface area contributed by atoms with E-state index < -0.39 is 11.8 Å². The van der Waals surface area contributed by atoms with Crippen LogP contribution in [0.4, 0.5) is 0 Å². The van der Waals surface area contributed by atoms with Crippen molar-refractivity contribution in [2.24, 2.45) is 0 Å². The molecule has 7 heteroatoms. The van der Waals surface area contributed by atoms with Gasteiger partial charge in [-0.15, -0.1) is 0 Å². The smallest absolute Gasteiger partial charge is 0.273 e. The second-order valence-corrected chi connectivity index (χ2v) is 7.57. The van der Waals surface area contributed by atoms with Crippen LogP contribution in [0.15, 0.2) is 57.9 Å². The van der Waals surface area contributed by atoms with E-state index >= 15 is 0 Å². The van der Waals surface area contributed by atoms with E-state index in [4.69, 9.17) is 17.0 Å². The lowest BCUT2D eigenvalue weighted by Gasteiger charge is -2.13. The second kappa shape index (κ2) is 7.51. The van der Waals surface area contributed by atoms with Crippen LogP contribution < -0.4 is 4.74 Å². The van der Waals surface area contributed by atoms with Crippen LogP contribution in [0, 0.1) is 0 Å². The molecule has 0 saturated carbocycles. The van der Waals surface area contributed by atoms with Gasteiger partial charge >= 0.3 is 0 Å². The van der Waals surface area contributed by atoms with E-state index in [2.05, 4.69) is 15.9 Å². The van der Waals surface area contributed by atoms with E-state index in [1.165, 1.54) is 0 Å². The maximum Gasteiger partial charge on any atom is 0.273 e. The van der Waals surface area contributed by atoms with E-state index in [0.29, 0.717) is 20.7 Å². The third kappa shape index (κ3) is 3.53. The number of methoxy groups -OCH3 is 1. The van der Waals surface area contributed by atoms with Gasteiger partial charge in [0.1, 0.15) is 5.75 Å². The Morgan fingerprint density at radius 3 is 2.60 bits per heavy atom. The number of benzene rings is 2. The Bertz CT molecular complexity index is 911. The number of para-hydroxylation sites is 1. The normalized spacial score (nSPS) is 15.8. The number of nitrogens with zero attached hydrogens (tertiary/aromatic N) is 1. The van der Waals surface area contributed by atoms with Gasteiger partial charge < -0.3 is 4.74 Å². The highest BCUT2D eigenvalue weighted by Crippen LogP contribution is 2.35. The van der Waals surface area contributed by atoms with Crippen molar-refractivity contribution in [1.29, 1.82) is 0 Å². The summed E-state index contributed by atoms with van der Waals surface area (Å²) in [7, 11) is 1.56. The van der Waals surface area contributed by atoms with Gasteiger partial charge in [-0.05, 0) is 40.2 Å². The number of thiocarbonyl (C=S) groups is 1. The fraction of sp³-hybridized carbons (Fsp3) is 0.0556. The van der Waals surface area contributed by atoms with Crippen LogP contribution in [0.3, 0.4) is 0 Å². The van der Waals surface area contributed by atoms with Crippen LogP contribution in [0.25, 0.3) is 6.08 Å². The summed E-state index contributed by atoms with van der Waals surface area (Å²) < 4.78 is 6.12. The Morgan fingerprint density at radius 2 is 1.88 bits per heavy atom. The third-order valence-corrected chi connectivity index (χ3v) is 5.52. The quantitative estimate of drug-likeness (QED) is 0.405. The molecule has 1 aliphatic heterocycles. The number of carbonyl (C=O) groups is 2. The fourth-order valence-corrected chi connectivity index (χ4v) is 4.02. The molecular formula is C18H12BrNO3S2. The summed E-state index contributed by atoms with van der Waals surface area (Å²) in [5, 5.41) is 0. The maximum absolute atomic E-state index is 12.7. The highest BCUT2D eigenvalue weighted by molar-refractivity contribution is 9.10. The van der Waals surface area contributed by atoms with Crippen molar-refractivity contribution in [3.05, 3.63) is 69.0 Å². The minimum atomic E-state index is -0.446. The summed E-state index contributed by atoms with van der Waals surface area (Å²) in [4.78, 5) is 26.9. The van der Waals surface area contributed by atoms with Gasteiger partial charge in [0.05, 0.1) is 17.6 Å². The first-order chi connectivity index (χ1) is 12.0. The first kappa shape index (κ1) is 17.8. The molecule has 2 amide bonds. The van der Waals surface area contributed by atoms with Crippen molar-refractivity contribution >= 4 is 62.1 Å². The van der Waals surface area contributed by atoms with Gasteiger partial charge in [0.15, 0.2) is 4.32 Å². The minimum Gasteiger partial charge on any atom is -0.496 e. The third-order valence-electron chi connectivity index (χ3n) is 3.53. The Labute approximate surface area is 163 Å². The van der Waals surface area contributed by atoms with Crippen molar-refractivity contribution in [2.75, 3.05) is 7.11 Å². The van der Waals surface area contributed by atoms with Gasteiger partial charge in [0.25, 0.3) is 11.8 Å². The number of hydrogen-bond acceptors (Lipinski definition) is 5. The zero-order valence-corrected chi connectivity index (χ0v) is 16.3. The van der Waals surface area contributed by atoms with E-state index in [1.807, 2.05) is 18.2 Å². The molecule has 1 saturated heterocycles. The molecule has 126 valence electrons. The molecule has 0 N–H and O–H groups in total. The molecule has 1 fully saturated rings. The summed E-state index contributed by atoms with van der Waals surface area (Å²) in [5.41, 5.74) is 1.14. The predicted molar refractivity (Wildman–Crippen MR) is 106 cm³/mol. The Balaban J connectivity index is 1.94. The van der Waals surface area contributed by atoms with Gasteiger partial charge in [0, 0.05) is 10.0 Å². The van der Waals surface area contributed by atoms with Crippen molar-refractivity contribution in [1.82, 2.24) is 4.90 Å². The summed E-state index contributed by atoms with van der Waals surface area (Å²) in [6.45, 7) is 0. The number of ether oxygens (including phenoxy) is 1. The summed E-state index contributed by atoms with van der Waals surface area (Å²) in [6, 6.07) is 14.3. The number of imide groups is 1. The molecule has 2 aromatic rings. The first-order valence-electron chi connectivity index (χ1n) is 7.22. The standard InChI is InChI=1S/C18H12BrNO3S2/c1-23-14-9-5-2-6-11(14)10-15-17(22)20(18(24)25-15)16(21)12-7-3-4-8-13(12)19/h2-10H,1H3/b15-10+. The lowest BCUT2D eigenvalue weighted by molar-refractivity contribution is -0.120. The molecule has 0 spiro atoms. The molecule has 4 nitrogen and oxygen atoms in total. The van der Waals surface area contributed by atoms with Crippen molar-refractivity contribution in [3.8, 4) is 5.75 Å². The van der Waals surface area contributed by atoms with E-state index in [-0.39, 0.29) is 4.32 Å². The highest BCUT2D eigenvalue weighted by atomic mass is 79.9. The summed E-state index contributed by atoms with van der Waals surface area (Å²) in [6.07, 6.45) is 1.69. The molecular weight excluding hydrogens is 422 g/mol. The van der Waals surface area contributed by atoms with E-state index in [0.717, 1.165) is 22.2 Å². The topological polar surface area (TPSA) is 46.6 Å². The summed E-state index contributed by atoms with van der Waals surface area (Å²) >= 11 is 9.68. The first-order valence-corrected chi connectivity index (χ1v) is 9.24. The lowest BCUT2D eigenvalue weighted by Crippen LogP contribution is -2.34. The van der Waals surface area contributed by atoms with Crippen molar-refractivity contribution in [2.45, 2.75) is 0 Å². The molecule has 0 unspecified atom stereocenters. The van der Waals surface area contributed by atoms with E-state index in [1.54, 1.807) is 43.5 Å². The van der Waals surface area contributed by atoms with Crippen molar-refractivity contribution in [3.63, 3.8) is 0 Å². The number of hydrogen-bond donors (Lipinski definition) is 0. The largest absolute Gasteiger partial charge is 0.496 e. The molecule has 0 aromatic heterocycles. The van der Waals surface area contributed by atoms with Gasteiger partial charge in [-0.1, -0.05) is 54.3 Å². The molecule has 1 aliphatic rings. The number of rotatable bonds is 3. The molecule has 3 rings (SSSR count). The number of thioether (sulfide) groups is 1. The second-order valence-electron chi connectivity index (χ2n) is 5.04. The molecule has 0 bridgehead atoms. The van der Waals surface area contributed by atoms with Gasteiger partial charge in [-0.3, -0.25) is 9.59 Å². The summed E-state index contributed by atoms with van der Waals surface area (Å²) in [5.74, 6) is -0.232. The van der Waals surface area contributed by atoms with Gasteiger partial charge in [0.2, 0.25) is 0 Å². The highest BCUT2D eigenvalue weighted by Gasteiger charge is 2.37. The molecule has 0 radical (unpaired) electrons. The van der Waals surface area contributed by atoms with Crippen LogP contribution in [0.2, 0.25) is 0 Å². The van der Waals surface area contributed by atoms with Crippen LogP contribution in [-0.4, -0.2) is 28.1 Å². The van der Waals surface area contributed by atoms with Gasteiger partial charge in [-0.25, -0.2) is 4.90 Å². The van der Waals surface area contributed by atoms with Crippen LogP contribution in [-0.2, 0) is 4.79 Å². The Hall–Kier alpha value is -1.96. The van der Waals surface area contributed by atoms with Crippen LogP contribution in [0.1, 0.15) is 15.9 Å². The fourth-order valence-electron chi connectivity index (χ4n) is 2.32. The van der Waals surface area contributed by atoms with Gasteiger partial charge in [-0.2, -0.15) is 0 Å². The molecule has 0 atom stereocenters. The SMILES string of the molecule is COc1ccccc1/C=C1/SC(=S)N(C(=O)c2ccccc2Br)C1=O.